The van der Waals surface area contributed by atoms with Gasteiger partial charge in [-0.25, -0.2) is 0 Å². The lowest BCUT2D eigenvalue weighted by Gasteiger charge is -2.17. The van der Waals surface area contributed by atoms with Crippen molar-refractivity contribution in [1.82, 2.24) is 15.1 Å². The van der Waals surface area contributed by atoms with E-state index in [0.29, 0.717) is 17.9 Å². The van der Waals surface area contributed by atoms with Crippen LogP contribution in [0, 0.1) is 19.3 Å². The third-order valence-corrected chi connectivity index (χ3v) is 4.59. The van der Waals surface area contributed by atoms with Gasteiger partial charge in [0.15, 0.2) is 0 Å². The van der Waals surface area contributed by atoms with Crippen molar-refractivity contribution in [1.29, 1.82) is 0 Å². The van der Waals surface area contributed by atoms with E-state index in [1.54, 1.807) is 0 Å². The summed E-state index contributed by atoms with van der Waals surface area (Å²) in [6, 6.07) is 0.369. The topological polar surface area (TPSA) is 46.9 Å². The van der Waals surface area contributed by atoms with E-state index in [-0.39, 0.29) is 5.91 Å². The summed E-state index contributed by atoms with van der Waals surface area (Å²) in [6.45, 7) is 8.63. The maximum atomic E-state index is 12.1. The average molecular weight is 277 g/mol. The minimum atomic E-state index is 0.176. The van der Waals surface area contributed by atoms with Crippen LogP contribution in [0.1, 0.15) is 56.5 Å². The van der Waals surface area contributed by atoms with Crippen LogP contribution in [-0.4, -0.2) is 21.7 Å². The number of nitrogens with one attached hydrogen (secondary N) is 1. The third-order valence-electron chi connectivity index (χ3n) is 4.59. The second-order valence-electron chi connectivity index (χ2n) is 6.94. The number of rotatable bonds is 4. The molecule has 0 bridgehead atoms. The Morgan fingerprint density at radius 1 is 1.45 bits per heavy atom. The summed E-state index contributed by atoms with van der Waals surface area (Å²) in [4.78, 5) is 12.1. The summed E-state index contributed by atoms with van der Waals surface area (Å²) in [7, 11) is 1.95. The Kier molecular flexibility index (Phi) is 4.21. The number of amides is 1. The number of carbonyl (C=O) groups is 1. The third kappa shape index (κ3) is 3.41. The van der Waals surface area contributed by atoms with E-state index in [9.17, 15) is 4.79 Å². The Morgan fingerprint density at radius 2 is 2.15 bits per heavy atom. The fraction of sp³-hybridized carbons (Fsp3) is 0.750. The van der Waals surface area contributed by atoms with Gasteiger partial charge in [-0.1, -0.05) is 13.8 Å². The Hall–Kier alpha value is -1.32. The summed E-state index contributed by atoms with van der Waals surface area (Å²) in [6.07, 6.45) is 4.77. The van der Waals surface area contributed by atoms with E-state index < -0.39 is 0 Å². The molecule has 1 amide bonds. The molecule has 0 saturated heterocycles. The maximum absolute atomic E-state index is 12.1. The van der Waals surface area contributed by atoms with E-state index in [2.05, 4.69) is 31.2 Å². The lowest BCUT2D eigenvalue weighted by atomic mass is 9.92. The fourth-order valence-electron chi connectivity index (χ4n) is 3.28. The largest absolute Gasteiger partial charge is 0.353 e. The molecule has 1 atom stereocenters. The summed E-state index contributed by atoms with van der Waals surface area (Å²) in [5.74, 6) is 0.176. The van der Waals surface area contributed by atoms with Crippen molar-refractivity contribution in [3.63, 3.8) is 0 Å². The zero-order valence-corrected chi connectivity index (χ0v) is 13.4. The van der Waals surface area contributed by atoms with Gasteiger partial charge >= 0.3 is 0 Å². The lowest BCUT2D eigenvalue weighted by Crippen LogP contribution is -2.33. The Bertz CT molecular complexity index is 502. The van der Waals surface area contributed by atoms with E-state index >= 15 is 0 Å². The van der Waals surface area contributed by atoms with Gasteiger partial charge in [-0.2, -0.15) is 5.10 Å². The molecule has 1 aliphatic carbocycles. The lowest BCUT2D eigenvalue weighted by molar-refractivity contribution is -0.121. The van der Waals surface area contributed by atoms with Gasteiger partial charge in [0.1, 0.15) is 0 Å². The molecule has 0 aromatic carbocycles. The molecule has 1 aromatic heterocycles. The highest BCUT2D eigenvalue weighted by Crippen LogP contribution is 2.36. The van der Waals surface area contributed by atoms with Gasteiger partial charge < -0.3 is 5.32 Å². The Morgan fingerprint density at radius 3 is 2.65 bits per heavy atom. The number of aryl methyl sites for hydroxylation is 2. The highest BCUT2D eigenvalue weighted by molar-refractivity contribution is 5.76. The molecule has 112 valence electrons. The predicted molar refractivity (Wildman–Crippen MR) is 80.6 cm³/mol. The van der Waals surface area contributed by atoms with E-state index in [0.717, 1.165) is 30.7 Å². The van der Waals surface area contributed by atoms with Crippen molar-refractivity contribution in [3.05, 3.63) is 17.0 Å². The smallest absolute Gasteiger partial charge is 0.220 e. The zero-order chi connectivity index (χ0) is 14.9. The molecule has 1 fully saturated rings. The van der Waals surface area contributed by atoms with Crippen molar-refractivity contribution in [3.8, 4) is 0 Å². The minimum Gasteiger partial charge on any atom is -0.353 e. The van der Waals surface area contributed by atoms with Gasteiger partial charge in [0, 0.05) is 25.2 Å². The molecule has 1 unspecified atom stereocenters. The molecule has 4 heteroatoms. The maximum Gasteiger partial charge on any atom is 0.220 e. The fourth-order valence-corrected chi connectivity index (χ4v) is 3.28. The van der Waals surface area contributed by atoms with Crippen LogP contribution in [0.2, 0.25) is 0 Å². The first-order valence-electron chi connectivity index (χ1n) is 7.57. The molecule has 2 rings (SSSR count). The Balaban J connectivity index is 1.84. The molecule has 1 aromatic rings. The number of nitrogens with zero attached hydrogens (tertiary/aromatic N) is 2. The molecule has 0 aliphatic heterocycles. The van der Waals surface area contributed by atoms with Crippen molar-refractivity contribution < 1.29 is 4.79 Å². The molecule has 4 nitrogen and oxygen atoms in total. The van der Waals surface area contributed by atoms with Gasteiger partial charge in [-0.05, 0) is 50.5 Å². The molecule has 1 N–H and O–H groups in total. The second-order valence-corrected chi connectivity index (χ2v) is 6.94. The van der Waals surface area contributed by atoms with Crippen LogP contribution in [0.15, 0.2) is 0 Å². The van der Waals surface area contributed by atoms with E-state index in [1.165, 1.54) is 12.0 Å². The standard InChI is InChI=1S/C16H27N3O/c1-11-14(12(2)19(5)18-11)6-7-15(20)17-13-8-9-16(3,4)10-13/h13H,6-10H2,1-5H3,(H,17,20). The van der Waals surface area contributed by atoms with Crippen molar-refractivity contribution in [2.45, 2.75) is 65.8 Å². The summed E-state index contributed by atoms with van der Waals surface area (Å²) < 4.78 is 1.89. The van der Waals surface area contributed by atoms with Crippen molar-refractivity contribution in [2.24, 2.45) is 12.5 Å². The number of carbonyl (C=O) groups excluding carboxylic acids is 1. The van der Waals surface area contributed by atoms with Crippen LogP contribution in [0.25, 0.3) is 0 Å². The van der Waals surface area contributed by atoms with Crippen molar-refractivity contribution >= 4 is 5.91 Å². The van der Waals surface area contributed by atoms with Gasteiger partial charge in [-0.15, -0.1) is 0 Å². The van der Waals surface area contributed by atoms with Crippen LogP contribution in [0.4, 0.5) is 0 Å². The number of hydrogen-bond acceptors (Lipinski definition) is 2. The van der Waals surface area contributed by atoms with Crippen LogP contribution < -0.4 is 5.32 Å². The minimum absolute atomic E-state index is 0.176. The average Bonchev–Trinajstić information content (AvgIpc) is 2.78. The quantitative estimate of drug-likeness (QED) is 0.919. The zero-order valence-electron chi connectivity index (χ0n) is 13.4. The molecule has 1 aliphatic rings. The van der Waals surface area contributed by atoms with Gasteiger partial charge in [0.2, 0.25) is 5.91 Å². The van der Waals surface area contributed by atoms with Gasteiger partial charge in [-0.3, -0.25) is 9.48 Å². The van der Waals surface area contributed by atoms with Crippen LogP contribution >= 0.6 is 0 Å². The number of hydrogen-bond donors (Lipinski definition) is 1. The molecule has 20 heavy (non-hydrogen) atoms. The highest BCUT2D eigenvalue weighted by Gasteiger charge is 2.31. The predicted octanol–water partition coefficient (Wildman–Crippen LogP) is 2.66. The number of aromatic nitrogens is 2. The molecular weight excluding hydrogens is 250 g/mol. The first-order valence-corrected chi connectivity index (χ1v) is 7.57. The summed E-state index contributed by atoms with van der Waals surface area (Å²) >= 11 is 0. The molecular formula is C16H27N3O. The molecule has 1 heterocycles. The first-order chi connectivity index (χ1) is 9.28. The van der Waals surface area contributed by atoms with Crippen LogP contribution in [0.3, 0.4) is 0 Å². The molecule has 0 radical (unpaired) electrons. The SMILES string of the molecule is Cc1nn(C)c(C)c1CCC(=O)NC1CCC(C)(C)C1. The first kappa shape index (κ1) is 15.1. The highest BCUT2D eigenvalue weighted by atomic mass is 16.1. The summed E-state index contributed by atoms with van der Waals surface area (Å²) in [5.41, 5.74) is 3.81. The normalized spacial score (nSPS) is 21.1. The van der Waals surface area contributed by atoms with Crippen LogP contribution in [0.5, 0.6) is 0 Å². The van der Waals surface area contributed by atoms with Crippen molar-refractivity contribution in [2.75, 3.05) is 0 Å². The summed E-state index contributed by atoms with van der Waals surface area (Å²) in [5, 5.41) is 7.58. The van der Waals surface area contributed by atoms with Gasteiger partial charge in [0.25, 0.3) is 0 Å². The van der Waals surface area contributed by atoms with Gasteiger partial charge in [0.05, 0.1) is 5.69 Å². The Labute approximate surface area is 121 Å². The molecule has 0 spiro atoms. The van der Waals surface area contributed by atoms with Crippen LogP contribution in [-0.2, 0) is 18.3 Å². The monoisotopic (exact) mass is 277 g/mol. The van der Waals surface area contributed by atoms with E-state index in [1.807, 2.05) is 18.7 Å². The second kappa shape index (κ2) is 5.58. The molecule has 1 saturated carbocycles. The van der Waals surface area contributed by atoms with E-state index in [4.69, 9.17) is 0 Å².